The minimum absolute atomic E-state index is 0.000139. The third kappa shape index (κ3) is 5.08. The van der Waals surface area contributed by atoms with Crippen LogP contribution in [0, 0.1) is 27.2 Å². The Kier molecular flexibility index (Phi) is 7.02. The molecule has 2 aliphatic rings. The molecule has 0 amide bonds. The number of H-pyrrole nitrogens is 2. The second kappa shape index (κ2) is 9.70. The van der Waals surface area contributed by atoms with Crippen LogP contribution in [0.2, 0.25) is 0 Å². The van der Waals surface area contributed by atoms with Gasteiger partial charge in [-0.05, 0) is 32.6 Å². The lowest BCUT2D eigenvalue weighted by molar-refractivity contribution is -0.386. The Morgan fingerprint density at radius 3 is 2.03 bits per heavy atom. The van der Waals surface area contributed by atoms with E-state index < -0.39 is 26.7 Å². The van der Waals surface area contributed by atoms with E-state index in [0.717, 1.165) is 25.7 Å². The molecule has 0 aliphatic carbocycles. The molecule has 170 valence electrons. The lowest BCUT2D eigenvalue weighted by Gasteiger charge is -2.23. The molecule has 2 aliphatic heterocycles. The van der Waals surface area contributed by atoms with Gasteiger partial charge in [-0.25, -0.2) is 0 Å². The van der Waals surface area contributed by atoms with Crippen LogP contribution in [-0.2, 0) is 9.47 Å². The van der Waals surface area contributed by atoms with Gasteiger partial charge in [-0.15, -0.1) is 0 Å². The van der Waals surface area contributed by atoms with Crippen LogP contribution in [0.3, 0.4) is 0 Å². The van der Waals surface area contributed by atoms with E-state index in [0.29, 0.717) is 32.1 Å². The maximum Gasteiger partial charge on any atom is 0.355 e. The largest absolute Gasteiger partial charge is 0.379 e. The van der Waals surface area contributed by atoms with Gasteiger partial charge in [-0.1, -0.05) is 0 Å². The van der Waals surface area contributed by atoms with Crippen molar-refractivity contribution < 1.29 is 19.3 Å². The summed E-state index contributed by atoms with van der Waals surface area (Å²) in [4.78, 5) is 42.4. The molecule has 0 spiro atoms. The Labute approximate surface area is 175 Å². The monoisotopic (exact) mass is 440 g/mol. The Bertz CT molecular complexity index is 1040. The van der Waals surface area contributed by atoms with E-state index in [2.05, 4.69) is 10.2 Å². The molecule has 14 nitrogen and oxygen atoms in total. The quantitative estimate of drug-likeness (QED) is 0.525. The molecule has 2 aromatic rings. The number of nitro groups is 2. The van der Waals surface area contributed by atoms with E-state index in [1.807, 2.05) is 0 Å². The summed E-state index contributed by atoms with van der Waals surface area (Å²) in [6, 6.07) is -0.00435. The van der Waals surface area contributed by atoms with Crippen molar-refractivity contribution in [1.29, 1.82) is 0 Å². The number of nitrogens with one attached hydrogen (secondary N) is 2. The van der Waals surface area contributed by atoms with E-state index in [4.69, 9.17) is 9.47 Å². The number of aromatic amines is 2. The van der Waals surface area contributed by atoms with Crippen molar-refractivity contribution in [3.63, 3.8) is 0 Å². The molecule has 0 aromatic carbocycles. The van der Waals surface area contributed by atoms with Crippen molar-refractivity contribution in [2.45, 2.75) is 44.7 Å². The zero-order chi connectivity index (χ0) is 22.5. The number of rotatable bonds is 4. The molecule has 0 saturated carbocycles. The van der Waals surface area contributed by atoms with Crippen molar-refractivity contribution in [2.24, 2.45) is 0 Å². The highest BCUT2D eigenvalue weighted by Crippen LogP contribution is 2.23. The van der Waals surface area contributed by atoms with Crippen molar-refractivity contribution in [2.75, 3.05) is 26.4 Å². The SMILES string of the molecule is Cc1c([N+](=O)[O-])c(=O)[nH]n1C1CCCOC1.O=c1[nH]n(C2CCCOC2)cc1[N+](=O)[O-]. The summed E-state index contributed by atoms with van der Waals surface area (Å²) in [6.45, 7) is 3.97. The third-order valence-electron chi connectivity index (χ3n) is 5.28. The van der Waals surface area contributed by atoms with Gasteiger partial charge in [0.05, 0.1) is 35.1 Å². The number of aromatic nitrogens is 4. The second-order valence-corrected chi connectivity index (χ2v) is 7.36. The van der Waals surface area contributed by atoms with Crippen molar-refractivity contribution in [1.82, 2.24) is 19.6 Å². The Hall–Kier alpha value is -3.26. The van der Waals surface area contributed by atoms with Gasteiger partial charge in [-0.3, -0.25) is 49.4 Å². The van der Waals surface area contributed by atoms with Gasteiger partial charge < -0.3 is 9.47 Å². The molecule has 0 radical (unpaired) electrons. The highest BCUT2D eigenvalue weighted by molar-refractivity contribution is 5.32. The van der Waals surface area contributed by atoms with Crippen LogP contribution in [0.5, 0.6) is 0 Å². The summed E-state index contributed by atoms with van der Waals surface area (Å²) < 4.78 is 13.5. The van der Waals surface area contributed by atoms with Crippen molar-refractivity contribution >= 4 is 11.4 Å². The molecule has 4 heterocycles. The van der Waals surface area contributed by atoms with Gasteiger partial charge in [0.25, 0.3) is 0 Å². The lowest BCUT2D eigenvalue weighted by Crippen LogP contribution is -2.23. The predicted octanol–water partition coefficient (Wildman–Crippen LogP) is 1.18. The number of nitrogens with zero attached hydrogens (tertiary/aromatic N) is 4. The van der Waals surface area contributed by atoms with Crippen LogP contribution < -0.4 is 11.1 Å². The number of hydrogen-bond acceptors (Lipinski definition) is 8. The Morgan fingerprint density at radius 2 is 1.58 bits per heavy atom. The Balaban J connectivity index is 0.000000176. The first kappa shape index (κ1) is 22.4. The first-order valence-electron chi connectivity index (χ1n) is 9.86. The number of ether oxygens (including phenoxy) is 2. The summed E-state index contributed by atoms with van der Waals surface area (Å²) in [5.74, 6) is 0. The smallest absolute Gasteiger partial charge is 0.355 e. The van der Waals surface area contributed by atoms with Crippen LogP contribution in [0.1, 0.15) is 43.5 Å². The Morgan fingerprint density at radius 1 is 0.968 bits per heavy atom. The molecular formula is C17H24N6O8. The summed E-state index contributed by atoms with van der Waals surface area (Å²) in [6.07, 6.45) is 4.77. The molecule has 2 aromatic heterocycles. The van der Waals surface area contributed by atoms with Crippen LogP contribution in [0.15, 0.2) is 15.8 Å². The summed E-state index contributed by atoms with van der Waals surface area (Å²) in [7, 11) is 0. The third-order valence-corrected chi connectivity index (χ3v) is 5.28. The molecule has 2 saturated heterocycles. The molecule has 2 fully saturated rings. The molecule has 2 N–H and O–H groups in total. The maximum atomic E-state index is 11.4. The van der Waals surface area contributed by atoms with E-state index in [1.165, 1.54) is 10.9 Å². The normalized spacial score (nSPS) is 21.2. The van der Waals surface area contributed by atoms with Gasteiger partial charge in [-0.2, -0.15) is 0 Å². The fraction of sp³-hybridized carbons (Fsp3) is 0.647. The molecular weight excluding hydrogens is 416 g/mol. The molecule has 2 atom stereocenters. The first-order valence-corrected chi connectivity index (χ1v) is 9.86. The van der Waals surface area contributed by atoms with Gasteiger partial charge >= 0.3 is 22.5 Å². The van der Waals surface area contributed by atoms with Gasteiger partial charge in [0, 0.05) is 13.2 Å². The molecule has 4 rings (SSSR count). The summed E-state index contributed by atoms with van der Waals surface area (Å²) in [5, 5.41) is 26.1. The standard InChI is InChI=1S/C9H13N3O4.C8H11N3O4/c1-6-8(12(14)15)9(13)10-11(6)7-3-2-4-16-5-7;12-8-7(11(13)14)4-10(9-8)6-2-1-3-15-5-6/h7H,2-5H2,1H3,(H,10,13);4,6H,1-3,5H2,(H,9,12). The maximum absolute atomic E-state index is 11.4. The summed E-state index contributed by atoms with van der Waals surface area (Å²) >= 11 is 0. The van der Waals surface area contributed by atoms with Gasteiger partial charge in [0.15, 0.2) is 0 Å². The van der Waals surface area contributed by atoms with E-state index in [-0.39, 0.29) is 17.8 Å². The highest BCUT2D eigenvalue weighted by atomic mass is 16.6. The predicted molar refractivity (Wildman–Crippen MR) is 106 cm³/mol. The van der Waals surface area contributed by atoms with Gasteiger partial charge in [0.1, 0.15) is 11.9 Å². The topological polar surface area (TPSA) is 180 Å². The molecule has 31 heavy (non-hydrogen) atoms. The van der Waals surface area contributed by atoms with Crippen LogP contribution in [0.25, 0.3) is 0 Å². The zero-order valence-corrected chi connectivity index (χ0v) is 16.9. The first-order chi connectivity index (χ1) is 14.8. The van der Waals surface area contributed by atoms with Crippen LogP contribution in [0.4, 0.5) is 11.4 Å². The van der Waals surface area contributed by atoms with Crippen LogP contribution in [-0.4, -0.2) is 55.8 Å². The van der Waals surface area contributed by atoms with E-state index in [9.17, 15) is 29.8 Å². The van der Waals surface area contributed by atoms with Crippen molar-refractivity contribution in [3.8, 4) is 0 Å². The zero-order valence-electron chi connectivity index (χ0n) is 16.9. The van der Waals surface area contributed by atoms with Crippen LogP contribution >= 0.6 is 0 Å². The minimum Gasteiger partial charge on any atom is -0.379 e. The fourth-order valence-electron chi connectivity index (χ4n) is 3.70. The lowest BCUT2D eigenvalue weighted by atomic mass is 10.1. The van der Waals surface area contributed by atoms with Gasteiger partial charge in [0.2, 0.25) is 0 Å². The van der Waals surface area contributed by atoms with E-state index >= 15 is 0 Å². The fourth-order valence-corrected chi connectivity index (χ4v) is 3.70. The molecule has 2 unspecified atom stereocenters. The summed E-state index contributed by atoms with van der Waals surface area (Å²) in [5.41, 5.74) is -1.73. The average molecular weight is 440 g/mol. The second-order valence-electron chi connectivity index (χ2n) is 7.36. The molecule has 14 heteroatoms. The molecule has 0 bridgehead atoms. The van der Waals surface area contributed by atoms with Crippen molar-refractivity contribution in [3.05, 3.63) is 52.8 Å². The number of hydrogen-bond donors (Lipinski definition) is 2. The highest BCUT2D eigenvalue weighted by Gasteiger charge is 2.26. The van der Waals surface area contributed by atoms with E-state index in [1.54, 1.807) is 11.6 Å². The average Bonchev–Trinajstić information content (AvgIpc) is 3.29. The minimum atomic E-state index is -0.682.